The van der Waals surface area contributed by atoms with Gasteiger partial charge in [-0.25, -0.2) is 9.13 Å². The smallest absolute Gasteiger partial charge is 0.462 e. The van der Waals surface area contributed by atoms with Gasteiger partial charge in [0.15, 0.2) is 12.2 Å². The zero-order valence-corrected chi connectivity index (χ0v) is 68.7. The summed E-state index contributed by atoms with van der Waals surface area (Å²) in [7, 11) is -9.92. The minimum atomic E-state index is -4.96. The fourth-order valence-corrected chi connectivity index (χ4v) is 14.4. The van der Waals surface area contributed by atoms with Gasteiger partial charge in [0.25, 0.3) is 0 Å². The molecule has 0 spiro atoms. The van der Waals surface area contributed by atoms with E-state index in [1.165, 1.54) is 257 Å². The molecule has 0 saturated carbocycles. The van der Waals surface area contributed by atoms with E-state index in [1.807, 2.05) is 0 Å². The number of phosphoric ester groups is 2. The average molecular weight is 1490 g/mol. The quantitative estimate of drug-likeness (QED) is 0.0222. The molecule has 17 nitrogen and oxygen atoms in total. The summed E-state index contributed by atoms with van der Waals surface area (Å²) >= 11 is 0. The Balaban J connectivity index is 5.26. The van der Waals surface area contributed by atoms with Gasteiger partial charge < -0.3 is 33.8 Å². The second kappa shape index (κ2) is 74.5. The summed E-state index contributed by atoms with van der Waals surface area (Å²) in [5.41, 5.74) is 0. The van der Waals surface area contributed by atoms with E-state index >= 15 is 0 Å². The van der Waals surface area contributed by atoms with E-state index in [2.05, 4.69) is 41.5 Å². The molecule has 0 aromatic carbocycles. The Hall–Kier alpha value is -1.94. The van der Waals surface area contributed by atoms with E-state index in [0.29, 0.717) is 25.7 Å². The van der Waals surface area contributed by atoms with Gasteiger partial charge in [-0.15, -0.1) is 0 Å². The predicted octanol–water partition coefficient (Wildman–Crippen LogP) is 25.1. The van der Waals surface area contributed by atoms with E-state index in [4.69, 9.17) is 37.0 Å². The highest BCUT2D eigenvalue weighted by Gasteiger charge is 2.30. The molecule has 0 aliphatic carbocycles. The van der Waals surface area contributed by atoms with Crippen LogP contribution in [-0.4, -0.2) is 96.7 Å². The lowest BCUT2D eigenvalue weighted by Gasteiger charge is -2.21. The number of unbranched alkanes of at least 4 members (excludes halogenated alkanes) is 50. The highest BCUT2D eigenvalue weighted by Crippen LogP contribution is 2.45. The van der Waals surface area contributed by atoms with Crippen molar-refractivity contribution in [1.82, 2.24) is 0 Å². The van der Waals surface area contributed by atoms with Gasteiger partial charge in [-0.3, -0.25) is 37.3 Å². The van der Waals surface area contributed by atoms with E-state index in [-0.39, 0.29) is 25.7 Å². The summed E-state index contributed by atoms with van der Waals surface area (Å²) in [4.78, 5) is 73.1. The molecule has 0 aromatic heterocycles. The topological polar surface area (TPSA) is 237 Å². The highest BCUT2D eigenvalue weighted by molar-refractivity contribution is 7.47. The first kappa shape index (κ1) is 100. The Kier molecular flexibility index (Phi) is 73.1. The fourth-order valence-electron chi connectivity index (χ4n) is 12.8. The first-order valence-corrected chi connectivity index (χ1v) is 46.1. The van der Waals surface area contributed by atoms with Crippen molar-refractivity contribution in [1.29, 1.82) is 0 Å². The van der Waals surface area contributed by atoms with Crippen LogP contribution in [-0.2, 0) is 65.4 Å². The summed E-state index contributed by atoms with van der Waals surface area (Å²) in [5.74, 6) is -0.526. The monoisotopic (exact) mass is 1490 g/mol. The molecule has 0 amide bonds. The van der Waals surface area contributed by atoms with Crippen molar-refractivity contribution < 1.29 is 80.2 Å². The third kappa shape index (κ3) is 73.6. The molecule has 0 radical (unpaired) electrons. The highest BCUT2D eigenvalue weighted by atomic mass is 31.2. The second-order valence-corrected chi connectivity index (χ2v) is 33.3. The second-order valence-electron chi connectivity index (χ2n) is 30.4. The summed E-state index contributed by atoms with van der Waals surface area (Å²) < 4.78 is 68.8. The Morgan fingerprint density at radius 3 is 0.696 bits per heavy atom. The molecule has 0 rings (SSSR count). The Morgan fingerprint density at radius 1 is 0.275 bits per heavy atom. The maximum absolute atomic E-state index is 13.1. The molecule has 0 aliphatic heterocycles. The minimum Gasteiger partial charge on any atom is -0.462 e. The van der Waals surface area contributed by atoms with E-state index in [0.717, 1.165) is 102 Å². The Labute approximate surface area is 626 Å². The normalized spacial score (nSPS) is 14.4. The number of hydrogen-bond donors (Lipinski definition) is 3. The van der Waals surface area contributed by atoms with Gasteiger partial charge in [-0.2, -0.15) is 0 Å². The molecule has 0 fully saturated rings. The van der Waals surface area contributed by atoms with E-state index in [9.17, 15) is 43.2 Å². The summed E-state index contributed by atoms with van der Waals surface area (Å²) in [6, 6.07) is 0. The lowest BCUT2D eigenvalue weighted by Crippen LogP contribution is -2.30. The number of esters is 4. The Bertz CT molecular complexity index is 1960. The van der Waals surface area contributed by atoms with Crippen LogP contribution < -0.4 is 0 Å². The van der Waals surface area contributed by atoms with Crippen LogP contribution in [0.5, 0.6) is 0 Å². The van der Waals surface area contributed by atoms with Gasteiger partial charge in [-0.1, -0.05) is 388 Å². The maximum Gasteiger partial charge on any atom is 0.472 e. The van der Waals surface area contributed by atoms with Crippen molar-refractivity contribution in [2.24, 2.45) is 11.8 Å². The van der Waals surface area contributed by atoms with Gasteiger partial charge in [0.2, 0.25) is 0 Å². The molecule has 0 heterocycles. The lowest BCUT2D eigenvalue weighted by molar-refractivity contribution is -0.161. The van der Waals surface area contributed by atoms with Crippen molar-refractivity contribution in [3.05, 3.63) is 0 Å². The average Bonchev–Trinajstić information content (AvgIpc) is 0.916. The van der Waals surface area contributed by atoms with E-state index in [1.54, 1.807) is 0 Å². The molecule has 7 atom stereocenters. The Morgan fingerprint density at radius 2 is 0.471 bits per heavy atom. The van der Waals surface area contributed by atoms with Gasteiger partial charge in [0.1, 0.15) is 19.3 Å². The first-order chi connectivity index (χ1) is 49.4. The van der Waals surface area contributed by atoms with Crippen LogP contribution in [0.2, 0.25) is 0 Å². The summed E-state index contributed by atoms with van der Waals surface area (Å²) in [6.45, 7) is 9.68. The summed E-state index contributed by atoms with van der Waals surface area (Å²) in [6.07, 6.45) is 65.1. The van der Waals surface area contributed by atoms with Crippen LogP contribution in [0.1, 0.15) is 440 Å². The molecular formula is C83H162O17P2. The van der Waals surface area contributed by atoms with Crippen LogP contribution in [0.3, 0.4) is 0 Å². The van der Waals surface area contributed by atoms with Crippen molar-refractivity contribution in [3.8, 4) is 0 Å². The molecule has 0 aliphatic rings. The zero-order chi connectivity index (χ0) is 74.9. The largest absolute Gasteiger partial charge is 0.472 e. The molecule has 102 heavy (non-hydrogen) atoms. The van der Waals surface area contributed by atoms with Gasteiger partial charge in [0.05, 0.1) is 26.4 Å². The van der Waals surface area contributed by atoms with Gasteiger partial charge in [0, 0.05) is 25.7 Å². The lowest BCUT2D eigenvalue weighted by atomic mass is 9.99. The van der Waals surface area contributed by atoms with Crippen LogP contribution >= 0.6 is 15.6 Å². The number of hydrogen-bond acceptors (Lipinski definition) is 15. The number of aliphatic hydroxyl groups is 1. The van der Waals surface area contributed by atoms with Crippen LogP contribution in [0, 0.1) is 11.8 Å². The van der Waals surface area contributed by atoms with Crippen LogP contribution in [0.15, 0.2) is 0 Å². The third-order valence-corrected chi connectivity index (χ3v) is 22.1. The standard InChI is InChI=1S/C83H162O17P2/c1-7-11-13-15-17-19-21-23-25-27-28-29-30-32-34-36-41-49-55-61-67-82(87)99-78(71-93-80(85)65-59-53-47-40-35-33-31-26-24-22-20-18-16-14-12-8-2)73-97-101(89,90)95-69-77(84)70-96-102(91,92)98-74-79(72-94-81(86)66-60-54-48-44-43-46-52-58-64-76(6)10-4)100-83(88)68-62-56-50-42-38-37-39-45-51-57-63-75(5)9-3/h75-79,84H,7-74H2,1-6H3,(H,89,90)(H,91,92)/t75?,76?,77-,78-,79-/m1/s1. The van der Waals surface area contributed by atoms with Gasteiger partial charge in [-0.05, 0) is 37.5 Å². The van der Waals surface area contributed by atoms with Crippen LogP contribution in [0.25, 0.3) is 0 Å². The number of carbonyl (C=O) groups excluding carboxylic acids is 4. The zero-order valence-electron chi connectivity index (χ0n) is 66.9. The number of rotatable bonds is 82. The number of phosphoric acid groups is 2. The molecule has 0 saturated heterocycles. The van der Waals surface area contributed by atoms with Crippen molar-refractivity contribution in [2.75, 3.05) is 39.6 Å². The number of aliphatic hydroxyl groups excluding tert-OH is 1. The third-order valence-electron chi connectivity index (χ3n) is 20.2. The molecule has 0 aromatic rings. The molecule has 19 heteroatoms. The summed E-state index contributed by atoms with van der Waals surface area (Å²) in [5, 5.41) is 10.7. The van der Waals surface area contributed by atoms with E-state index < -0.39 is 97.5 Å². The molecule has 0 bridgehead atoms. The SMILES string of the molecule is CCCCCCCCCCCCCCCCCCCCCCC(=O)O[C@H](COC(=O)CCCCCCCCCCCCCCCCCC)COP(=O)(O)OC[C@@H](O)COP(=O)(O)OC[C@@H](COC(=O)CCCCCCCCCCC(C)CC)OC(=O)CCCCCCCCCCCCC(C)CC. The van der Waals surface area contributed by atoms with Crippen LogP contribution in [0.4, 0.5) is 0 Å². The fraction of sp³-hybridized carbons (Fsp3) is 0.952. The number of ether oxygens (including phenoxy) is 4. The molecular weight excluding hydrogens is 1330 g/mol. The maximum atomic E-state index is 13.1. The molecule has 606 valence electrons. The molecule has 4 unspecified atom stereocenters. The predicted molar refractivity (Wildman–Crippen MR) is 418 cm³/mol. The number of carbonyl (C=O) groups is 4. The van der Waals surface area contributed by atoms with Crippen molar-refractivity contribution in [2.45, 2.75) is 458 Å². The van der Waals surface area contributed by atoms with Crippen molar-refractivity contribution in [3.63, 3.8) is 0 Å². The van der Waals surface area contributed by atoms with Gasteiger partial charge >= 0.3 is 39.5 Å². The first-order valence-electron chi connectivity index (χ1n) is 43.1. The minimum absolute atomic E-state index is 0.106. The molecule has 3 N–H and O–H groups in total. The van der Waals surface area contributed by atoms with Crippen molar-refractivity contribution >= 4 is 39.5 Å².